The van der Waals surface area contributed by atoms with Gasteiger partial charge < -0.3 is 10.6 Å². The van der Waals surface area contributed by atoms with E-state index in [-0.39, 0.29) is 12.6 Å². The van der Waals surface area contributed by atoms with E-state index in [1.165, 1.54) is 12.1 Å². The Morgan fingerprint density at radius 2 is 1.65 bits per heavy atom. The fourth-order valence-corrected chi connectivity index (χ4v) is 2.44. The molecule has 1 aromatic carbocycles. The Hall–Kier alpha value is -3.09. The maximum absolute atomic E-state index is 13.3. The molecule has 0 spiro atoms. The third-order valence-electron chi connectivity index (χ3n) is 3.52. The van der Waals surface area contributed by atoms with Crippen LogP contribution >= 0.6 is 0 Å². The van der Waals surface area contributed by atoms with Crippen LogP contribution in [-0.2, 0) is 6.54 Å². The van der Waals surface area contributed by atoms with Gasteiger partial charge in [-0.25, -0.2) is 13.8 Å². The van der Waals surface area contributed by atoms with Crippen molar-refractivity contribution < 1.29 is 8.78 Å². The van der Waals surface area contributed by atoms with Crippen LogP contribution in [0.1, 0.15) is 19.4 Å². The molecule has 0 aliphatic heterocycles. The molecule has 0 bridgehead atoms. The average molecular weight is 355 g/mol. The molecule has 7 heteroatoms. The highest BCUT2D eigenvalue weighted by Crippen LogP contribution is 2.21. The van der Waals surface area contributed by atoms with E-state index in [0.29, 0.717) is 17.3 Å². The maximum Gasteiger partial charge on any atom is 0.225 e. The van der Waals surface area contributed by atoms with Gasteiger partial charge in [0.25, 0.3) is 0 Å². The molecule has 5 nitrogen and oxygen atoms in total. The van der Waals surface area contributed by atoms with E-state index in [1.807, 2.05) is 26.0 Å². The smallest absolute Gasteiger partial charge is 0.225 e. The SMILES string of the molecule is CC(C)Nc1nc(NCc2cc(F)cc(F)c2)cc(-c2ccncc2)n1. The summed E-state index contributed by atoms with van der Waals surface area (Å²) in [5.74, 6) is -0.185. The number of halogens is 2. The van der Waals surface area contributed by atoms with Crippen molar-refractivity contribution in [3.63, 3.8) is 0 Å². The van der Waals surface area contributed by atoms with Gasteiger partial charge in [-0.1, -0.05) is 0 Å². The molecule has 0 saturated heterocycles. The fourth-order valence-electron chi connectivity index (χ4n) is 2.44. The van der Waals surface area contributed by atoms with Crippen molar-refractivity contribution >= 4 is 11.8 Å². The summed E-state index contributed by atoms with van der Waals surface area (Å²) in [5.41, 5.74) is 2.11. The lowest BCUT2D eigenvalue weighted by atomic mass is 10.2. The zero-order chi connectivity index (χ0) is 18.5. The minimum absolute atomic E-state index is 0.160. The van der Waals surface area contributed by atoms with Gasteiger partial charge in [0.1, 0.15) is 17.5 Å². The van der Waals surface area contributed by atoms with Crippen LogP contribution in [0.4, 0.5) is 20.5 Å². The highest BCUT2D eigenvalue weighted by molar-refractivity contribution is 5.64. The van der Waals surface area contributed by atoms with Gasteiger partial charge in [-0.15, -0.1) is 0 Å². The van der Waals surface area contributed by atoms with Gasteiger partial charge in [0.15, 0.2) is 0 Å². The largest absolute Gasteiger partial charge is 0.366 e. The van der Waals surface area contributed by atoms with Crippen molar-refractivity contribution in [2.24, 2.45) is 0 Å². The van der Waals surface area contributed by atoms with Gasteiger partial charge in [-0.05, 0) is 43.7 Å². The van der Waals surface area contributed by atoms with Crippen LogP contribution in [0.3, 0.4) is 0 Å². The minimum atomic E-state index is -0.607. The van der Waals surface area contributed by atoms with Crippen molar-refractivity contribution in [3.8, 4) is 11.3 Å². The first-order valence-corrected chi connectivity index (χ1v) is 8.24. The number of rotatable bonds is 6. The summed E-state index contributed by atoms with van der Waals surface area (Å²) >= 11 is 0. The third-order valence-corrected chi connectivity index (χ3v) is 3.52. The van der Waals surface area contributed by atoms with E-state index >= 15 is 0 Å². The predicted octanol–water partition coefficient (Wildman–Crippen LogP) is 4.25. The lowest BCUT2D eigenvalue weighted by molar-refractivity contribution is 0.580. The highest BCUT2D eigenvalue weighted by Gasteiger charge is 2.08. The number of aromatic nitrogens is 3. The highest BCUT2D eigenvalue weighted by atomic mass is 19.1. The van der Waals surface area contributed by atoms with E-state index < -0.39 is 11.6 Å². The Morgan fingerprint density at radius 1 is 0.962 bits per heavy atom. The maximum atomic E-state index is 13.3. The van der Waals surface area contributed by atoms with Crippen LogP contribution < -0.4 is 10.6 Å². The van der Waals surface area contributed by atoms with Crippen molar-refractivity contribution in [1.82, 2.24) is 15.0 Å². The normalized spacial score (nSPS) is 10.8. The van der Waals surface area contributed by atoms with Crippen LogP contribution in [0.2, 0.25) is 0 Å². The fraction of sp³-hybridized carbons (Fsp3) is 0.211. The van der Waals surface area contributed by atoms with Crippen LogP contribution in [0.15, 0.2) is 48.8 Å². The number of hydrogen-bond acceptors (Lipinski definition) is 5. The third kappa shape index (κ3) is 4.72. The molecule has 2 aromatic heterocycles. The van der Waals surface area contributed by atoms with Crippen LogP contribution in [0.25, 0.3) is 11.3 Å². The molecule has 2 heterocycles. The number of anilines is 2. The summed E-state index contributed by atoms with van der Waals surface area (Å²) in [6.45, 7) is 4.22. The molecule has 0 amide bonds. The second kappa shape index (κ2) is 7.86. The van der Waals surface area contributed by atoms with Gasteiger partial charge >= 0.3 is 0 Å². The molecule has 134 valence electrons. The average Bonchev–Trinajstić information content (AvgIpc) is 2.59. The molecule has 0 radical (unpaired) electrons. The Morgan fingerprint density at radius 3 is 2.31 bits per heavy atom. The Balaban J connectivity index is 1.87. The second-order valence-corrected chi connectivity index (χ2v) is 6.13. The molecule has 3 aromatic rings. The molecule has 3 rings (SSSR count). The Labute approximate surface area is 150 Å². The molecule has 0 atom stereocenters. The van der Waals surface area contributed by atoms with Crippen LogP contribution in [-0.4, -0.2) is 21.0 Å². The summed E-state index contributed by atoms with van der Waals surface area (Å²) in [7, 11) is 0. The second-order valence-electron chi connectivity index (χ2n) is 6.13. The molecule has 0 aliphatic carbocycles. The van der Waals surface area contributed by atoms with Gasteiger partial charge in [0.05, 0.1) is 5.69 Å². The zero-order valence-electron chi connectivity index (χ0n) is 14.5. The number of hydrogen-bond donors (Lipinski definition) is 2. The topological polar surface area (TPSA) is 62.7 Å². The molecule has 2 N–H and O–H groups in total. The van der Waals surface area contributed by atoms with E-state index in [1.54, 1.807) is 18.5 Å². The standard InChI is InChI=1S/C19H19F2N5/c1-12(2)24-19-25-17(14-3-5-22-6-4-14)10-18(26-19)23-11-13-7-15(20)9-16(21)8-13/h3-10,12H,11H2,1-2H3,(H2,23,24,25,26). The quantitative estimate of drug-likeness (QED) is 0.692. The minimum Gasteiger partial charge on any atom is -0.366 e. The zero-order valence-corrected chi connectivity index (χ0v) is 14.5. The van der Waals surface area contributed by atoms with E-state index in [2.05, 4.69) is 25.6 Å². The predicted molar refractivity (Wildman–Crippen MR) is 97.7 cm³/mol. The summed E-state index contributed by atoms with van der Waals surface area (Å²) in [4.78, 5) is 13.0. The Bertz CT molecular complexity index is 864. The summed E-state index contributed by atoms with van der Waals surface area (Å²) < 4.78 is 26.7. The van der Waals surface area contributed by atoms with Gasteiger partial charge in [-0.2, -0.15) is 4.98 Å². The van der Waals surface area contributed by atoms with Crippen LogP contribution in [0.5, 0.6) is 0 Å². The van der Waals surface area contributed by atoms with E-state index in [0.717, 1.165) is 17.3 Å². The van der Waals surface area contributed by atoms with Crippen molar-refractivity contribution in [2.75, 3.05) is 10.6 Å². The number of nitrogens with zero attached hydrogens (tertiary/aromatic N) is 3. The molecule has 0 saturated carbocycles. The molecular formula is C19H19F2N5. The lowest BCUT2D eigenvalue weighted by Crippen LogP contribution is -2.14. The first-order valence-electron chi connectivity index (χ1n) is 8.24. The number of benzene rings is 1. The molecule has 0 unspecified atom stereocenters. The van der Waals surface area contributed by atoms with Gasteiger partial charge in [0.2, 0.25) is 5.95 Å². The first-order chi connectivity index (χ1) is 12.5. The molecular weight excluding hydrogens is 336 g/mol. The monoisotopic (exact) mass is 355 g/mol. The first kappa shape index (κ1) is 17.7. The van der Waals surface area contributed by atoms with Crippen molar-refractivity contribution in [1.29, 1.82) is 0 Å². The summed E-state index contributed by atoms with van der Waals surface area (Å²) in [6, 6.07) is 9.08. The van der Waals surface area contributed by atoms with Crippen LogP contribution in [0, 0.1) is 11.6 Å². The lowest BCUT2D eigenvalue weighted by Gasteiger charge is -2.13. The van der Waals surface area contributed by atoms with E-state index in [4.69, 9.17) is 0 Å². The summed E-state index contributed by atoms with van der Waals surface area (Å²) in [5, 5.41) is 6.27. The molecule has 26 heavy (non-hydrogen) atoms. The Kier molecular flexibility index (Phi) is 5.36. The van der Waals surface area contributed by atoms with Crippen molar-refractivity contribution in [3.05, 3.63) is 66.0 Å². The van der Waals surface area contributed by atoms with Gasteiger partial charge in [0, 0.05) is 42.7 Å². The van der Waals surface area contributed by atoms with Gasteiger partial charge in [-0.3, -0.25) is 4.98 Å². The number of nitrogens with one attached hydrogen (secondary N) is 2. The summed E-state index contributed by atoms with van der Waals surface area (Å²) in [6.07, 6.45) is 3.38. The molecule has 0 fully saturated rings. The van der Waals surface area contributed by atoms with E-state index in [9.17, 15) is 8.78 Å². The number of pyridine rings is 1. The molecule has 0 aliphatic rings. The van der Waals surface area contributed by atoms with Crippen molar-refractivity contribution in [2.45, 2.75) is 26.4 Å².